The van der Waals surface area contributed by atoms with E-state index in [1.54, 1.807) is 42.5 Å². The molecular weight excluding hydrogens is 392 g/mol. The SMILES string of the molecule is COc1ccccc1C(=O)NC(=O)COC(=O)CN1C(=O)Cc2ccccc2C1=O. The van der Waals surface area contributed by atoms with Crippen molar-refractivity contribution in [1.82, 2.24) is 10.2 Å². The van der Waals surface area contributed by atoms with Gasteiger partial charge in [0.1, 0.15) is 12.3 Å². The minimum Gasteiger partial charge on any atom is -0.496 e. The third kappa shape index (κ3) is 4.52. The van der Waals surface area contributed by atoms with E-state index in [1.807, 2.05) is 0 Å². The topological polar surface area (TPSA) is 119 Å². The number of hydrogen-bond acceptors (Lipinski definition) is 7. The van der Waals surface area contributed by atoms with Gasteiger partial charge in [-0.15, -0.1) is 0 Å². The molecule has 9 nitrogen and oxygen atoms in total. The molecule has 0 saturated carbocycles. The van der Waals surface area contributed by atoms with E-state index in [4.69, 9.17) is 9.47 Å². The molecule has 4 amide bonds. The minimum atomic E-state index is -0.948. The number of carbonyl (C=O) groups excluding carboxylic acids is 5. The van der Waals surface area contributed by atoms with Crippen molar-refractivity contribution in [1.29, 1.82) is 0 Å². The number of methoxy groups -OCH3 is 1. The van der Waals surface area contributed by atoms with Crippen molar-refractivity contribution in [2.45, 2.75) is 6.42 Å². The Morgan fingerprint density at radius 1 is 1.03 bits per heavy atom. The Bertz CT molecular complexity index is 1030. The number of imide groups is 2. The summed E-state index contributed by atoms with van der Waals surface area (Å²) >= 11 is 0. The lowest BCUT2D eigenvalue weighted by atomic mass is 9.98. The molecule has 9 heteroatoms. The molecule has 1 N–H and O–H groups in total. The van der Waals surface area contributed by atoms with Gasteiger partial charge in [-0.3, -0.25) is 34.2 Å². The fourth-order valence-corrected chi connectivity index (χ4v) is 2.94. The predicted octanol–water partition coefficient (Wildman–Crippen LogP) is 0.720. The van der Waals surface area contributed by atoms with Crippen LogP contribution < -0.4 is 10.1 Å². The number of benzene rings is 2. The van der Waals surface area contributed by atoms with Crippen LogP contribution in [-0.2, 0) is 25.5 Å². The number of nitrogens with one attached hydrogen (secondary N) is 1. The highest BCUT2D eigenvalue weighted by atomic mass is 16.5. The molecule has 0 radical (unpaired) electrons. The zero-order valence-electron chi connectivity index (χ0n) is 16.0. The van der Waals surface area contributed by atoms with Crippen LogP contribution in [0, 0.1) is 0 Å². The molecule has 0 spiro atoms. The van der Waals surface area contributed by atoms with E-state index in [2.05, 4.69) is 5.32 Å². The lowest BCUT2D eigenvalue weighted by Gasteiger charge is -2.25. The Kier molecular flexibility index (Phi) is 6.21. The summed E-state index contributed by atoms with van der Waals surface area (Å²) in [6.07, 6.45) is -0.0108. The van der Waals surface area contributed by atoms with Crippen molar-refractivity contribution in [3.8, 4) is 5.75 Å². The molecule has 0 aromatic heterocycles. The first-order chi connectivity index (χ1) is 14.4. The number of carbonyl (C=O) groups is 5. The zero-order chi connectivity index (χ0) is 21.7. The number of ether oxygens (including phenoxy) is 2. The van der Waals surface area contributed by atoms with E-state index in [0.717, 1.165) is 4.90 Å². The maximum atomic E-state index is 12.4. The molecule has 0 saturated heterocycles. The normalized spacial score (nSPS) is 12.8. The van der Waals surface area contributed by atoms with Gasteiger partial charge in [0, 0.05) is 5.56 Å². The van der Waals surface area contributed by atoms with Gasteiger partial charge >= 0.3 is 5.97 Å². The molecule has 2 aromatic rings. The number of hydrogen-bond donors (Lipinski definition) is 1. The third-order valence-electron chi connectivity index (χ3n) is 4.39. The molecule has 1 aliphatic rings. The summed E-state index contributed by atoms with van der Waals surface area (Å²) in [5, 5.41) is 2.08. The lowest BCUT2D eigenvalue weighted by molar-refractivity contribution is -0.151. The van der Waals surface area contributed by atoms with Crippen molar-refractivity contribution >= 4 is 29.6 Å². The second kappa shape index (κ2) is 8.99. The molecule has 0 unspecified atom stereocenters. The molecule has 1 heterocycles. The van der Waals surface area contributed by atoms with Gasteiger partial charge in [-0.05, 0) is 23.8 Å². The third-order valence-corrected chi connectivity index (χ3v) is 4.39. The molecular formula is C21H18N2O7. The van der Waals surface area contributed by atoms with Crippen LogP contribution in [0.3, 0.4) is 0 Å². The number of rotatable bonds is 6. The fourth-order valence-electron chi connectivity index (χ4n) is 2.94. The monoisotopic (exact) mass is 410 g/mol. The Labute approximate surface area is 171 Å². The standard InChI is InChI=1S/C21H18N2O7/c1-29-16-9-5-4-8-15(16)20(27)22-17(24)12-30-19(26)11-23-18(25)10-13-6-2-3-7-14(13)21(23)28/h2-9H,10-12H2,1H3,(H,22,24,27). The predicted molar refractivity (Wildman–Crippen MR) is 103 cm³/mol. The average molecular weight is 410 g/mol. The first-order valence-electron chi connectivity index (χ1n) is 8.96. The van der Waals surface area contributed by atoms with Crippen LogP contribution in [0.1, 0.15) is 26.3 Å². The van der Waals surface area contributed by atoms with E-state index in [9.17, 15) is 24.0 Å². The van der Waals surface area contributed by atoms with Crippen molar-refractivity contribution in [3.63, 3.8) is 0 Å². The van der Waals surface area contributed by atoms with Gasteiger partial charge in [-0.1, -0.05) is 30.3 Å². The maximum absolute atomic E-state index is 12.4. The molecule has 3 rings (SSSR count). The number of para-hydroxylation sites is 1. The average Bonchev–Trinajstić information content (AvgIpc) is 2.75. The number of nitrogens with zero attached hydrogens (tertiary/aromatic N) is 1. The molecule has 30 heavy (non-hydrogen) atoms. The van der Waals surface area contributed by atoms with Crippen molar-refractivity contribution in [3.05, 3.63) is 65.2 Å². The quantitative estimate of drug-likeness (QED) is 0.550. The van der Waals surface area contributed by atoms with Gasteiger partial charge in [-0.2, -0.15) is 0 Å². The second-order valence-electron chi connectivity index (χ2n) is 6.36. The maximum Gasteiger partial charge on any atom is 0.326 e. The smallest absolute Gasteiger partial charge is 0.326 e. The highest BCUT2D eigenvalue weighted by molar-refractivity contribution is 6.11. The molecule has 0 bridgehead atoms. The number of amides is 4. The molecule has 0 aliphatic carbocycles. The number of esters is 1. The van der Waals surface area contributed by atoms with Crippen LogP contribution in [0.25, 0.3) is 0 Å². The van der Waals surface area contributed by atoms with Crippen LogP contribution in [-0.4, -0.2) is 54.8 Å². The number of fused-ring (bicyclic) bond motifs is 1. The van der Waals surface area contributed by atoms with Gasteiger partial charge in [0.2, 0.25) is 5.91 Å². The first-order valence-corrected chi connectivity index (χ1v) is 8.96. The van der Waals surface area contributed by atoms with E-state index in [-0.39, 0.29) is 17.7 Å². The van der Waals surface area contributed by atoms with Gasteiger partial charge in [0.15, 0.2) is 6.61 Å². The summed E-state index contributed by atoms with van der Waals surface area (Å²) in [5.74, 6) is -3.38. The molecule has 2 aromatic carbocycles. The van der Waals surface area contributed by atoms with E-state index >= 15 is 0 Å². The Morgan fingerprint density at radius 2 is 1.73 bits per heavy atom. The van der Waals surface area contributed by atoms with Crippen LogP contribution in [0.15, 0.2) is 48.5 Å². The Hall–Kier alpha value is -4.01. The first kappa shape index (κ1) is 20.7. The van der Waals surface area contributed by atoms with Crippen molar-refractivity contribution in [2.75, 3.05) is 20.3 Å². The van der Waals surface area contributed by atoms with E-state index in [1.165, 1.54) is 13.2 Å². The minimum absolute atomic E-state index is 0.0108. The molecule has 1 aliphatic heterocycles. The van der Waals surface area contributed by atoms with Gasteiger partial charge in [-0.25, -0.2) is 0 Å². The largest absolute Gasteiger partial charge is 0.496 e. The lowest BCUT2D eigenvalue weighted by Crippen LogP contribution is -2.45. The molecule has 0 atom stereocenters. The Morgan fingerprint density at radius 3 is 2.50 bits per heavy atom. The highest BCUT2D eigenvalue weighted by Crippen LogP contribution is 2.19. The van der Waals surface area contributed by atoms with Crippen LogP contribution in [0.2, 0.25) is 0 Å². The van der Waals surface area contributed by atoms with Crippen LogP contribution in [0.5, 0.6) is 5.75 Å². The summed E-state index contributed by atoms with van der Waals surface area (Å²) in [6, 6.07) is 12.9. The summed E-state index contributed by atoms with van der Waals surface area (Å²) in [5.41, 5.74) is 1.07. The second-order valence-corrected chi connectivity index (χ2v) is 6.36. The van der Waals surface area contributed by atoms with Gasteiger partial charge < -0.3 is 9.47 Å². The Balaban J connectivity index is 1.53. The van der Waals surface area contributed by atoms with Gasteiger partial charge in [0.25, 0.3) is 17.7 Å². The summed E-state index contributed by atoms with van der Waals surface area (Å²) < 4.78 is 9.85. The summed E-state index contributed by atoms with van der Waals surface area (Å²) in [7, 11) is 1.39. The highest BCUT2D eigenvalue weighted by Gasteiger charge is 2.32. The summed E-state index contributed by atoms with van der Waals surface area (Å²) in [4.78, 5) is 61.5. The molecule has 0 fully saturated rings. The van der Waals surface area contributed by atoms with Gasteiger partial charge in [0.05, 0.1) is 19.1 Å². The van der Waals surface area contributed by atoms with Crippen LogP contribution in [0.4, 0.5) is 0 Å². The summed E-state index contributed by atoms with van der Waals surface area (Å²) in [6.45, 7) is -1.37. The van der Waals surface area contributed by atoms with E-state index in [0.29, 0.717) is 11.1 Å². The van der Waals surface area contributed by atoms with Crippen molar-refractivity contribution in [2.24, 2.45) is 0 Å². The zero-order valence-corrected chi connectivity index (χ0v) is 16.0. The molecule has 154 valence electrons. The van der Waals surface area contributed by atoms with Crippen molar-refractivity contribution < 1.29 is 33.4 Å². The van der Waals surface area contributed by atoms with Crippen LogP contribution >= 0.6 is 0 Å². The van der Waals surface area contributed by atoms with E-state index < -0.39 is 42.7 Å². The fraction of sp³-hybridized carbons (Fsp3) is 0.190.